The predicted molar refractivity (Wildman–Crippen MR) is 86.1 cm³/mol. The number of sulfonamides is 1. The first kappa shape index (κ1) is 16.5. The number of benzene rings is 2. The number of nitrogens with zero attached hydrogens (tertiary/aromatic N) is 1. The number of hydrogen-bond acceptors (Lipinski definition) is 4. The molecule has 0 atom stereocenters. The lowest BCUT2D eigenvalue weighted by Gasteiger charge is -2.17. The third-order valence-corrected chi connectivity index (χ3v) is 4.12. The van der Waals surface area contributed by atoms with Gasteiger partial charge in [0.05, 0.1) is 4.90 Å². The van der Waals surface area contributed by atoms with Crippen LogP contribution in [0.2, 0.25) is 0 Å². The minimum absolute atomic E-state index is 0.0843. The van der Waals surface area contributed by atoms with Crippen LogP contribution in [0.1, 0.15) is 5.56 Å². The fourth-order valence-electron chi connectivity index (χ4n) is 2.02. The maximum Gasteiger partial charge on any atom is 0.238 e. The van der Waals surface area contributed by atoms with Gasteiger partial charge in [-0.2, -0.15) is 0 Å². The summed E-state index contributed by atoms with van der Waals surface area (Å²) in [4.78, 5) is 2.25. The molecule has 0 aliphatic carbocycles. The van der Waals surface area contributed by atoms with Crippen molar-refractivity contribution in [1.82, 2.24) is 4.90 Å². The summed E-state index contributed by atoms with van der Waals surface area (Å²) in [5, 5.41) is 5.04. The Bertz CT molecular complexity index is 685. The van der Waals surface area contributed by atoms with Crippen molar-refractivity contribution < 1.29 is 13.2 Å². The summed E-state index contributed by atoms with van der Waals surface area (Å²) >= 11 is 0. The molecule has 2 aromatic rings. The molecular formula is C16H20N2O3S. The Morgan fingerprint density at radius 2 is 1.68 bits per heavy atom. The Balaban J connectivity index is 1.79. The Morgan fingerprint density at radius 1 is 1.05 bits per heavy atom. The van der Waals surface area contributed by atoms with Gasteiger partial charge in [-0.25, -0.2) is 13.6 Å². The van der Waals surface area contributed by atoms with Crippen LogP contribution in [0.5, 0.6) is 5.75 Å². The summed E-state index contributed by atoms with van der Waals surface area (Å²) in [6, 6.07) is 16.3. The number of likely N-dealkylation sites (N-methyl/N-ethyl adjacent to an activating group) is 1. The van der Waals surface area contributed by atoms with Crippen LogP contribution in [0.15, 0.2) is 59.5 Å². The van der Waals surface area contributed by atoms with Crippen molar-refractivity contribution in [3.8, 4) is 5.75 Å². The lowest BCUT2D eigenvalue weighted by Crippen LogP contribution is -2.23. The first-order valence-corrected chi connectivity index (χ1v) is 8.48. The van der Waals surface area contributed by atoms with Crippen LogP contribution in [0.25, 0.3) is 0 Å². The monoisotopic (exact) mass is 320 g/mol. The van der Waals surface area contributed by atoms with E-state index in [1.54, 1.807) is 12.1 Å². The average Bonchev–Trinajstić information content (AvgIpc) is 2.48. The smallest absolute Gasteiger partial charge is 0.238 e. The van der Waals surface area contributed by atoms with Crippen molar-refractivity contribution in [2.75, 3.05) is 20.2 Å². The van der Waals surface area contributed by atoms with Crippen LogP contribution in [-0.4, -0.2) is 33.5 Å². The van der Waals surface area contributed by atoms with E-state index in [2.05, 4.69) is 17.0 Å². The van der Waals surface area contributed by atoms with Crippen LogP contribution in [0.3, 0.4) is 0 Å². The lowest BCUT2D eigenvalue weighted by atomic mass is 10.2. The Kier molecular flexibility index (Phi) is 5.54. The molecule has 0 aliphatic heterocycles. The van der Waals surface area contributed by atoms with Crippen molar-refractivity contribution in [2.24, 2.45) is 5.14 Å². The second-order valence-electron chi connectivity index (χ2n) is 5.09. The molecule has 0 aromatic heterocycles. The highest BCUT2D eigenvalue weighted by Gasteiger charge is 2.07. The summed E-state index contributed by atoms with van der Waals surface area (Å²) in [6.07, 6.45) is 0. The summed E-state index contributed by atoms with van der Waals surface area (Å²) in [6.45, 7) is 2.15. The van der Waals surface area contributed by atoms with Crippen molar-refractivity contribution in [3.63, 3.8) is 0 Å². The van der Waals surface area contributed by atoms with Crippen LogP contribution < -0.4 is 9.88 Å². The highest BCUT2D eigenvalue weighted by molar-refractivity contribution is 7.89. The second kappa shape index (κ2) is 7.40. The standard InChI is InChI=1S/C16H20N2O3S/c1-18(13-14-5-3-2-4-6-14)11-12-21-15-7-9-16(10-8-15)22(17,19)20/h2-10H,11-13H2,1H3,(H2,17,19,20). The molecule has 118 valence electrons. The van der Waals surface area contributed by atoms with E-state index in [-0.39, 0.29) is 4.90 Å². The van der Waals surface area contributed by atoms with Gasteiger partial charge in [-0.15, -0.1) is 0 Å². The van der Waals surface area contributed by atoms with E-state index in [4.69, 9.17) is 9.88 Å². The van der Waals surface area contributed by atoms with Crippen LogP contribution in [0, 0.1) is 0 Å². The summed E-state index contributed by atoms with van der Waals surface area (Å²) in [7, 11) is -1.62. The zero-order valence-corrected chi connectivity index (χ0v) is 13.3. The van der Waals surface area contributed by atoms with Crippen LogP contribution >= 0.6 is 0 Å². The lowest BCUT2D eigenvalue weighted by molar-refractivity contribution is 0.233. The average molecular weight is 320 g/mol. The van der Waals surface area contributed by atoms with E-state index in [0.717, 1.165) is 13.1 Å². The number of nitrogens with two attached hydrogens (primary N) is 1. The minimum atomic E-state index is -3.65. The van der Waals surface area contributed by atoms with Crippen molar-refractivity contribution in [1.29, 1.82) is 0 Å². The molecule has 0 radical (unpaired) electrons. The molecule has 0 bridgehead atoms. The van der Waals surface area contributed by atoms with E-state index in [1.807, 2.05) is 25.2 Å². The molecule has 2 aromatic carbocycles. The van der Waals surface area contributed by atoms with Crippen molar-refractivity contribution in [3.05, 3.63) is 60.2 Å². The molecule has 0 aliphatic rings. The van der Waals surface area contributed by atoms with Gasteiger partial charge in [-0.05, 0) is 36.9 Å². The Morgan fingerprint density at radius 3 is 2.27 bits per heavy atom. The molecule has 0 fully saturated rings. The Hall–Kier alpha value is -1.89. The van der Waals surface area contributed by atoms with Crippen LogP contribution in [-0.2, 0) is 16.6 Å². The largest absolute Gasteiger partial charge is 0.492 e. The number of ether oxygens (including phenoxy) is 1. The van der Waals surface area contributed by atoms with Crippen LogP contribution in [0.4, 0.5) is 0 Å². The summed E-state index contributed by atoms with van der Waals surface area (Å²) in [5.74, 6) is 0.625. The molecule has 0 saturated heterocycles. The predicted octanol–water partition coefficient (Wildman–Crippen LogP) is 1.84. The molecule has 6 heteroatoms. The van der Waals surface area contributed by atoms with E-state index in [9.17, 15) is 8.42 Å². The molecule has 0 spiro atoms. The number of hydrogen-bond donors (Lipinski definition) is 1. The van der Waals surface area contributed by atoms with Gasteiger partial charge >= 0.3 is 0 Å². The molecule has 2 rings (SSSR count). The van der Waals surface area contributed by atoms with E-state index in [1.165, 1.54) is 17.7 Å². The molecule has 0 unspecified atom stereocenters. The zero-order chi connectivity index (χ0) is 16.0. The molecular weight excluding hydrogens is 300 g/mol. The van der Waals surface area contributed by atoms with Gasteiger partial charge in [-0.1, -0.05) is 30.3 Å². The van der Waals surface area contributed by atoms with Gasteiger partial charge in [0.2, 0.25) is 10.0 Å². The molecule has 22 heavy (non-hydrogen) atoms. The third-order valence-electron chi connectivity index (χ3n) is 3.19. The summed E-state index contributed by atoms with van der Waals surface area (Å²) < 4.78 is 27.9. The molecule has 0 amide bonds. The highest BCUT2D eigenvalue weighted by atomic mass is 32.2. The second-order valence-corrected chi connectivity index (χ2v) is 6.65. The normalized spacial score (nSPS) is 11.6. The van der Waals surface area contributed by atoms with Crippen molar-refractivity contribution >= 4 is 10.0 Å². The maximum absolute atomic E-state index is 11.2. The highest BCUT2D eigenvalue weighted by Crippen LogP contribution is 2.14. The fraction of sp³-hybridized carbons (Fsp3) is 0.250. The minimum Gasteiger partial charge on any atom is -0.492 e. The fourth-order valence-corrected chi connectivity index (χ4v) is 2.53. The van der Waals surface area contributed by atoms with E-state index >= 15 is 0 Å². The maximum atomic E-state index is 11.2. The van der Waals surface area contributed by atoms with Crippen molar-refractivity contribution in [2.45, 2.75) is 11.4 Å². The Labute approximate surface area is 131 Å². The molecule has 5 nitrogen and oxygen atoms in total. The van der Waals surface area contributed by atoms with E-state index < -0.39 is 10.0 Å². The van der Waals surface area contributed by atoms with Gasteiger partial charge in [0.1, 0.15) is 12.4 Å². The van der Waals surface area contributed by atoms with Gasteiger partial charge in [0.15, 0.2) is 0 Å². The quantitative estimate of drug-likeness (QED) is 0.845. The molecule has 2 N–H and O–H groups in total. The first-order valence-electron chi connectivity index (χ1n) is 6.93. The van der Waals surface area contributed by atoms with Gasteiger partial charge in [0.25, 0.3) is 0 Å². The number of rotatable bonds is 7. The van der Waals surface area contributed by atoms with Gasteiger partial charge in [0, 0.05) is 13.1 Å². The number of primary sulfonamides is 1. The van der Waals surface area contributed by atoms with Gasteiger partial charge < -0.3 is 4.74 Å². The molecule has 0 saturated carbocycles. The molecule has 0 heterocycles. The van der Waals surface area contributed by atoms with Gasteiger partial charge in [-0.3, -0.25) is 4.90 Å². The topological polar surface area (TPSA) is 72.6 Å². The van der Waals surface area contributed by atoms with E-state index in [0.29, 0.717) is 12.4 Å². The third kappa shape index (κ3) is 5.14. The SMILES string of the molecule is CN(CCOc1ccc(S(N)(=O)=O)cc1)Cc1ccccc1. The first-order chi connectivity index (χ1) is 10.4. The zero-order valence-electron chi connectivity index (χ0n) is 12.5. The summed E-state index contributed by atoms with van der Waals surface area (Å²) in [5.41, 5.74) is 1.25.